The van der Waals surface area contributed by atoms with E-state index in [1.165, 1.54) is 11.1 Å². The van der Waals surface area contributed by atoms with Crippen molar-refractivity contribution in [2.24, 2.45) is 7.05 Å². The molecule has 0 aliphatic carbocycles. The van der Waals surface area contributed by atoms with E-state index in [9.17, 15) is 5.11 Å². The van der Waals surface area contributed by atoms with E-state index in [0.29, 0.717) is 25.5 Å². The van der Waals surface area contributed by atoms with Crippen LogP contribution in [0.1, 0.15) is 30.5 Å². The lowest BCUT2D eigenvalue weighted by Gasteiger charge is -2.26. The Bertz CT molecular complexity index is 1240. The molecule has 0 bridgehead atoms. The number of benzene rings is 3. The molecule has 1 heterocycles. The van der Waals surface area contributed by atoms with Gasteiger partial charge >= 0.3 is 0 Å². The van der Waals surface area contributed by atoms with E-state index in [1.807, 2.05) is 81.6 Å². The number of rotatable bonds is 12. The smallest absolute Gasteiger partial charge is 0.222 e. The Kier molecular flexibility index (Phi) is 9.12. The van der Waals surface area contributed by atoms with Gasteiger partial charge in [0.15, 0.2) is 0 Å². The Balaban J connectivity index is 1.69. The summed E-state index contributed by atoms with van der Waals surface area (Å²) in [6.45, 7) is 7.97. The molecule has 0 saturated heterocycles. The van der Waals surface area contributed by atoms with Crippen LogP contribution in [0, 0.1) is 6.92 Å². The van der Waals surface area contributed by atoms with E-state index in [1.54, 1.807) is 4.68 Å². The van der Waals surface area contributed by atoms with E-state index in [-0.39, 0.29) is 12.7 Å². The molecule has 4 rings (SSSR count). The molecule has 0 radical (unpaired) electrons. The van der Waals surface area contributed by atoms with Crippen LogP contribution in [0.2, 0.25) is 0 Å². The summed E-state index contributed by atoms with van der Waals surface area (Å²) >= 11 is 0. The lowest BCUT2D eigenvalue weighted by Crippen LogP contribution is -2.35. The third kappa shape index (κ3) is 7.52. The van der Waals surface area contributed by atoms with E-state index in [0.717, 1.165) is 22.6 Å². The number of aliphatic hydroxyl groups is 1. The predicted octanol–water partition coefficient (Wildman–Crippen LogP) is 5.98. The zero-order valence-corrected chi connectivity index (χ0v) is 22.2. The molecule has 3 aromatic carbocycles. The molecule has 0 spiro atoms. The van der Waals surface area contributed by atoms with Gasteiger partial charge in [0, 0.05) is 32.2 Å². The van der Waals surface area contributed by atoms with Gasteiger partial charge in [-0.25, -0.2) is 4.68 Å². The van der Waals surface area contributed by atoms with E-state index < -0.39 is 6.10 Å². The topological polar surface area (TPSA) is 59.8 Å². The van der Waals surface area contributed by atoms with Gasteiger partial charge in [-0.3, -0.25) is 4.90 Å². The average Bonchev–Trinajstić information content (AvgIpc) is 3.19. The van der Waals surface area contributed by atoms with Crippen LogP contribution in [0.25, 0.3) is 11.3 Å². The summed E-state index contributed by atoms with van der Waals surface area (Å²) in [4.78, 5) is 2.23. The molecule has 1 atom stereocenters. The van der Waals surface area contributed by atoms with Gasteiger partial charge < -0.3 is 14.6 Å². The Morgan fingerprint density at radius 2 is 1.54 bits per heavy atom. The highest BCUT2D eigenvalue weighted by molar-refractivity contribution is 5.65. The standard InChI is InChI=1S/C31H37N3O3/c1-23(2)36-22-27(35)20-34(19-25-11-7-5-8-12-25)21-29-30(26-13-9-6-10-14-26)32-33(4)31(29)37-28-17-15-24(3)16-18-28/h5-18,23,27,35H,19-22H2,1-4H3/t27-/m0/s1. The van der Waals surface area contributed by atoms with Gasteiger partial charge in [0.05, 0.1) is 24.4 Å². The van der Waals surface area contributed by atoms with E-state index in [4.69, 9.17) is 14.6 Å². The molecule has 0 amide bonds. The van der Waals surface area contributed by atoms with Crippen LogP contribution in [0.4, 0.5) is 0 Å². The maximum Gasteiger partial charge on any atom is 0.222 e. The third-order valence-corrected chi connectivity index (χ3v) is 6.09. The highest BCUT2D eigenvalue weighted by Gasteiger charge is 2.24. The number of hydrogen-bond donors (Lipinski definition) is 1. The van der Waals surface area contributed by atoms with Crippen molar-refractivity contribution in [1.29, 1.82) is 0 Å². The van der Waals surface area contributed by atoms with E-state index >= 15 is 0 Å². The normalized spacial score (nSPS) is 12.3. The van der Waals surface area contributed by atoms with Gasteiger partial charge in [0.2, 0.25) is 5.88 Å². The highest BCUT2D eigenvalue weighted by atomic mass is 16.5. The summed E-state index contributed by atoms with van der Waals surface area (Å²) in [6, 6.07) is 28.5. The summed E-state index contributed by atoms with van der Waals surface area (Å²) in [7, 11) is 1.91. The van der Waals surface area contributed by atoms with Gasteiger partial charge in [-0.2, -0.15) is 5.10 Å². The largest absolute Gasteiger partial charge is 0.439 e. The van der Waals surface area contributed by atoms with Crippen LogP contribution in [0.5, 0.6) is 11.6 Å². The van der Waals surface area contributed by atoms with Crippen LogP contribution < -0.4 is 4.74 Å². The van der Waals surface area contributed by atoms with Crippen molar-refractivity contribution in [3.05, 3.63) is 102 Å². The van der Waals surface area contributed by atoms with Crippen molar-refractivity contribution in [3.8, 4) is 22.9 Å². The van der Waals surface area contributed by atoms with Gasteiger partial charge in [-0.1, -0.05) is 78.4 Å². The number of aliphatic hydroxyl groups excluding tert-OH is 1. The fourth-order valence-corrected chi connectivity index (χ4v) is 4.27. The molecule has 4 aromatic rings. The maximum atomic E-state index is 10.8. The molecule has 6 nitrogen and oxygen atoms in total. The van der Waals surface area contributed by atoms with Crippen LogP contribution in [-0.2, 0) is 24.9 Å². The summed E-state index contributed by atoms with van der Waals surface area (Å²) in [5, 5.41) is 15.7. The second-order valence-corrected chi connectivity index (χ2v) is 9.73. The minimum atomic E-state index is -0.621. The molecular formula is C31H37N3O3. The Hall–Kier alpha value is -3.45. The average molecular weight is 500 g/mol. The quantitative estimate of drug-likeness (QED) is 0.260. The zero-order valence-electron chi connectivity index (χ0n) is 22.2. The number of hydrogen-bond acceptors (Lipinski definition) is 5. The number of ether oxygens (including phenoxy) is 2. The summed E-state index contributed by atoms with van der Waals surface area (Å²) < 4.78 is 13.9. The first-order valence-electron chi connectivity index (χ1n) is 12.8. The first-order chi connectivity index (χ1) is 17.9. The third-order valence-electron chi connectivity index (χ3n) is 6.09. The summed E-state index contributed by atoms with van der Waals surface area (Å²) in [5.41, 5.74) is 5.22. The SMILES string of the molecule is Cc1ccc(Oc2c(CN(Cc3ccccc3)C[C@H](O)COC(C)C)c(-c3ccccc3)nn2C)cc1. The molecule has 6 heteroatoms. The van der Waals surface area contributed by atoms with Crippen molar-refractivity contribution in [1.82, 2.24) is 14.7 Å². The second-order valence-electron chi connectivity index (χ2n) is 9.73. The van der Waals surface area contributed by atoms with Crippen LogP contribution >= 0.6 is 0 Å². The maximum absolute atomic E-state index is 10.8. The first-order valence-corrected chi connectivity index (χ1v) is 12.8. The van der Waals surface area contributed by atoms with Gasteiger partial charge in [-0.15, -0.1) is 0 Å². The predicted molar refractivity (Wildman–Crippen MR) is 148 cm³/mol. The fourth-order valence-electron chi connectivity index (χ4n) is 4.27. The van der Waals surface area contributed by atoms with Crippen molar-refractivity contribution in [2.75, 3.05) is 13.2 Å². The highest BCUT2D eigenvalue weighted by Crippen LogP contribution is 2.34. The monoisotopic (exact) mass is 499 g/mol. The van der Waals surface area contributed by atoms with Gasteiger partial charge in [0.25, 0.3) is 0 Å². The molecule has 0 unspecified atom stereocenters. The molecule has 1 N–H and O–H groups in total. The fraction of sp³-hybridized carbons (Fsp3) is 0.323. The van der Waals surface area contributed by atoms with Crippen molar-refractivity contribution < 1.29 is 14.6 Å². The molecule has 1 aromatic heterocycles. The Morgan fingerprint density at radius 1 is 0.892 bits per heavy atom. The molecule has 37 heavy (non-hydrogen) atoms. The first kappa shape index (κ1) is 26.6. The second kappa shape index (κ2) is 12.7. The summed E-state index contributed by atoms with van der Waals surface area (Å²) in [6.07, 6.45) is -0.556. The van der Waals surface area contributed by atoms with Crippen LogP contribution in [-0.4, -0.2) is 45.1 Å². The van der Waals surface area contributed by atoms with E-state index in [2.05, 4.69) is 36.1 Å². The minimum Gasteiger partial charge on any atom is -0.439 e. The lowest BCUT2D eigenvalue weighted by molar-refractivity contribution is -0.0107. The summed E-state index contributed by atoms with van der Waals surface area (Å²) in [5.74, 6) is 1.45. The number of aromatic nitrogens is 2. The Labute approximate surface area is 220 Å². The molecular weight excluding hydrogens is 462 g/mol. The van der Waals surface area contributed by atoms with Gasteiger partial charge in [-0.05, 0) is 38.5 Å². The molecule has 194 valence electrons. The molecule has 0 fully saturated rings. The molecule has 0 aliphatic rings. The Morgan fingerprint density at radius 3 is 2.19 bits per heavy atom. The molecule has 0 aliphatic heterocycles. The van der Waals surface area contributed by atoms with Gasteiger partial charge in [0.1, 0.15) is 11.4 Å². The zero-order chi connectivity index (χ0) is 26.2. The number of nitrogens with zero attached hydrogens (tertiary/aromatic N) is 3. The molecule has 0 saturated carbocycles. The van der Waals surface area contributed by atoms with Crippen molar-refractivity contribution in [2.45, 2.75) is 46.1 Å². The minimum absolute atomic E-state index is 0.0646. The van der Waals surface area contributed by atoms with Crippen molar-refractivity contribution in [3.63, 3.8) is 0 Å². The lowest BCUT2D eigenvalue weighted by atomic mass is 10.1. The van der Waals surface area contributed by atoms with Crippen LogP contribution in [0.15, 0.2) is 84.9 Å². The van der Waals surface area contributed by atoms with Crippen LogP contribution in [0.3, 0.4) is 0 Å². The number of aryl methyl sites for hydroxylation is 2. The van der Waals surface area contributed by atoms with Crippen molar-refractivity contribution >= 4 is 0 Å².